The van der Waals surface area contributed by atoms with Crippen LogP contribution in [0.25, 0.3) is 10.6 Å². The third-order valence-corrected chi connectivity index (χ3v) is 4.70. The lowest BCUT2D eigenvalue weighted by Gasteiger charge is -1.92. The summed E-state index contributed by atoms with van der Waals surface area (Å²) in [6.07, 6.45) is 0. The summed E-state index contributed by atoms with van der Waals surface area (Å²) in [4.78, 5) is 20.9. The van der Waals surface area contributed by atoms with E-state index in [1.54, 1.807) is 12.1 Å². The molecule has 0 spiro atoms. The van der Waals surface area contributed by atoms with Gasteiger partial charge in [-0.3, -0.25) is 4.79 Å². The van der Waals surface area contributed by atoms with E-state index in [2.05, 4.69) is 9.98 Å². The molecule has 3 nitrogen and oxygen atoms in total. The van der Waals surface area contributed by atoms with E-state index in [1.165, 1.54) is 20.7 Å². The van der Waals surface area contributed by atoms with Gasteiger partial charge in [-0.15, -0.1) is 0 Å². The predicted octanol–water partition coefficient (Wildman–Crippen LogP) is 3.61. The van der Waals surface area contributed by atoms with Gasteiger partial charge in [0.1, 0.15) is 5.01 Å². The summed E-state index contributed by atoms with van der Waals surface area (Å²) < 4.78 is 0. The Labute approximate surface area is 123 Å². The number of rotatable bonds is 2. The van der Waals surface area contributed by atoms with Gasteiger partial charge in [-0.2, -0.15) is 4.99 Å². The van der Waals surface area contributed by atoms with Crippen LogP contribution in [0.1, 0.15) is 10.4 Å². The molecule has 5 heteroatoms. The summed E-state index contributed by atoms with van der Waals surface area (Å²) in [5.74, 6) is -0.258. The molecule has 0 radical (unpaired) electrons. The fourth-order valence-electron chi connectivity index (χ4n) is 1.67. The van der Waals surface area contributed by atoms with Gasteiger partial charge < -0.3 is 0 Å². The van der Waals surface area contributed by atoms with Crippen LogP contribution in [-0.2, 0) is 0 Å². The molecule has 0 N–H and O–H groups in total. The van der Waals surface area contributed by atoms with Crippen molar-refractivity contribution in [2.24, 2.45) is 4.99 Å². The van der Waals surface area contributed by atoms with Gasteiger partial charge in [-0.1, -0.05) is 58.9 Å². The van der Waals surface area contributed by atoms with E-state index >= 15 is 0 Å². The Bertz CT molecular complexity index is 776. The van der Waals surface area contributed by atoms with Crippen LogP contribution >= 0.6 is 20.7 Å². The summed E-state index contributed by atoms with van der Waals surface area (Å²) in [6, 6.07) is 18.9. The molecule has 2 aromatic carbocycles. The first kappa shape index (κ1) is 12.9. The summed E-state index contributed by atoms with van der Waals surface area (Å²) in [7, 11) is 2.93. The van der Waals surface area contributed by atoms with Crippen molar-refractivity contribution in [3.63, 3.8) is 0 Å². The van der Waals surface area contributed by atoms with Crippen molar-refractivity contribution >= 4 is 26.6 Å². The number of nitrogens with zero attached hydrogens (tertiary/aromatic N) is 2. The number of aromatic nitrogens is 1. The maximum atomic E-state index is 12.0. The highest BCUT2D eigenvalue weighted by molar-refractivity contribution is 7.69. The predicted molar refractivity (Wildman–Crippen MR) is 81.8 cm³/mol. The molecule has 0 aliphatic carbocycles. The lowest BCUT2D eigenvalue weighted by atomic mass is 10.2. The maximum absolute atomic E-state index is 12.0. The minimum Gasteiger partial charge on any atom is -0.267 e. The fraction of sp³-hybridized carbons (Fsp3) is 0. The van der Waals surface area contributed by atoms with Gasteiger partial charge in [0.2, 0.25) is 4.80 Å². The largest absolute Gasteiger partial charge is 0.279 e. The van der Waals surface area contributed by atoms with Crippen molar-refractivity contribution in [1.29, 1.82) is 0 Å². The van der Waals surface area contributed by atoms with Gasteiger partial charge in [-0.25, -0.2) is 4.98 Å². The molecule has 98 valence electrons. The van der Waals surface area contributed by atoms with Crippen molar-refractivity contribution in [2.75, 3.05) is 0 Å². The summed E-state index contributed by atoms with van der Waals surface area (Å²) in [5, 5.41) is 0.884. The van der Waals surface area contributed by atoms with E-state index in [4.69, 9.17) is 0 Å². The standard InChI is InChI=1S/C15H10N2OS2/c18-13(11-7-3-1-4-8-11)16-15-17-14(19-20-15)12-9-5-2-6-10-12/h1-10H. The lowest BCUT2D eigenvalue weighted by Crippen LogP contribution is -2.05. The van der Waals surface area contributed by atoms with Crippen LogP contribution < -0.4 is 4.80 Å². The SMILES string of the molecule is O=C(N=c1nc(-c2ccccc2)ss1)c1ccccc1. The molecule has 0 saturated heterocycles. The van der Waals surface area contributed by atoms with Gasteiger partial charge in [0.15, 0.2) is 0 Å². The molecule has 1 aromatic heterocycles. The van der Waals surface area contributed by atoms with Gasteiger partial charge in [0.05, 0.1) is 0 Å². The van der Waals surface area contributed by atoms with E-state index in [9.17, 15) is 4.79 Å². The Morgan fingerprint density at radius 1 is 0.900 bits per heavy atom. The molecule has 3 rings (SSSR count). The molecule has 0 aliphatic heterocycles. The van der Waals surface area contributed by atoms with Gasteiger partial charge in [-0.05, 0) is 22.5 Å². The summed E-state index contributed by atoms with van der Waals surface area (Å²) in [5.41, 5.74) is 1.62. The highest BCUT2D eigenvalue weighted by Gasteiger charge is 2.05. The monoisotopic (exact) mass is 298 g/mol. The van der Waals surface area contributed by atoms with Crippen LogP contribution in [0.3, 0.4) is 0 Å². The number of hydrogen-bond donors (Lipinski definition) is 0. The van der Waals surface area contributed by atoms with Crippen molar-refractivity contribution in [3.05, 3.63) is 71.0 Å². The molecule has 1 amide bonds. The van der Waals surface area contributed by atoms with Crippen LogP contribution in [0.15, 0.2) is 65.7 Å². The van der Waals surface area contributed by atoms with Crippen molar-refractivity contribution in [2.45, 2.75) is 0 Å². The lowest BCUT2D eigenvalue weighted by molar-refractivity contribution is 0.0998. The molecule has 0 aliphatic rings. The zero-order valence-electron chi connectivity index (χ0n) is 10.4. The van der Waals surface area contributed by atoms with Crippen LogP contribution in [-0.4, -0.2) is 10.9 Å². The molecular weight excluding hydrogens is 288 g/mol. The van der Waals surface area contributed by atoms with Crippen molar-refractivity contribution in [3.8, 4) is 10.6 Å². The van der Waals surface area contributed by atoms with Crippen LogP contribution in [0.2, 0.25) is 0 Å². The normalized spacial score (nSPS) is 11.5. The fourth-order valence-corrected chi connectivity index (χ4v) is 3.57. The Morgan fingerprint density at radius 2 is 1.55 bits per heavy atom. The molecule has 3 aromatic rings. The third-order valence-electron chi connectivity index (χ3n) is 2.63. The quantitative estimate of drug-likeness (QED) is 0.678. The van der Waals surface area contributed by atoms with E-state index in [0.29, 0.717) is 10.4 Å². The smallest absolute Gasteiger partial charge is 0.267 e. The molecule has 0 fully saturated rings. The minimum atomic E-state index is -0.258. The minimum absolute atomic E-state index is 0.258. The first-order chi connectivity index (χ1) is 9.83. The molecule has 0 saturated carbocycles. The zero-order valence-corrected chi connectivity index (χ0v) is 12.0. The first-order valence-electron chi connectivity index (χ1n) is 5.99. The van der Waals surface area contributed by atoms with Crippen molar-refractivity contribution < 1.29 is 4.79 Å². The molecule has 0 bridgehead atoms. The summed E-state index contributed by atoms with van der Waals surface area (Å²) in [6.45, 7) is 0. The molecule has 0 unspecified atom stereocenters. The number of amides is 1. The number of hydrogen-bond acceptors (Lipinski definition) is 4. The van der Waals surface area contributed by atoms with E-state index in [0.717, 1.165) is 10.6 Å². The molecular formula is C15H10N2OS2. The molecule has 1 heterocycles. The summed E-state index contributed by atoms with van der Waals surface area (Å²) >= 11 is 0. The highest BCUT2D eigenvalue weighted by Crippen LogP contribution is 2.21. The van der Waals surface area contributed by atoms with Gasteiger partial charge >= 0.3 is 0 Å². The van der Waals surface area contributed by atoms with E-state index in [-0.39, 0.29) is 5.91 Å². The van der Waals surface area contributed by atoms with Crippen molar-refractivity contribution in [1.82, 2.24) is 4.98 Å². The first-order valence-corrected chi connectivity index (χ1v) is 8.14. The van der Waals surface area contributed by atoms with Crippen LogP contribution in [0, 0.1) is 0 Å². The highest BCUT2D eigenvalue weighted by atomic mass is 32.9. The Kier molecular flexibility index (Phi) is 3.80. The number of benzene rings is 2. The zero-order chi connectivity index (χ0) is 13.8. The Morgan fingerprint density at radius 3 is 2.25 bits per heavy atom. The van der Waals surface area contributed by atoms with Crippen LogP contribution in [0.4, 0.5) is 0 Å². The molecule has 0 atom stereocenters. The van der Waals surface area contributed by atoms with Gasteiger partial charge in [0.25, 0.3) is 5.91 Å². The third kappa shape index (κ3) is 2.89. The number of carbonyl (C=O) groups excluding carboxylic acids is 1. The Hall–Kier alpha value is -2.11. The van der Waals surface area contributed by atoms with Gasteiger partial charge in [0, 0.05) is 11.1 Å². The number of carbonyl (C=O) groups is 1. The maximum Gasteiger partial charge on any atom is 0.279 e. The average molecular weight is 298 g/mol. The van der Waals surface area contributed by atoms with E-state index in [1.807, 2.05) is 48.5 Å². The second-order valence-corrected chi connectivity index (χ2v) is 6.10. The second kappa shape index (κ2) is 5.90. The van der Waals surface area contributed by atoms with Crippen LogP contribution in [0.5, 0.6) is 0 Å². The molecule has 20 heavy (non-hydrogen) atoms. The Balaban J connectivity index is 1.91. The average Bonchev–Trinajstić information content (AvgIpc) is 2.97. The van der Waals surface area contributed by atoms with E-state index < -0.39 is 0 Å². The second-order valence-electron chi connectivity index (χ2n) is 4.02. The topological polar surface area (TPSA) is 42.3 Å².